The van der Waals surface area contributed by atoms with Gasteiger partial charge in [-0.25, -0.2) is 13.1 Å². The molecule has 4 nitrogen and oxygen atoms in total. The Balaban J connectivity index is 2.36. The van der Waals surface area contributed by atoms with Crippen LogP contribution in [-0.2, 0) is 10.0 Å². The van der Waals surface area contributed by atoms with E-state index in [1.54, 1.807) is 6.92 Å². The molecule has 0 spiro atoms. The Morgan fingerprint density at radius 1 is 1.50 bits per heavy atom. The van der Waals surface area contributed by atoms with Crippen LogP contribution in [-0.4, -0.2) is 33.8 Å². The van der Waals surface area contributed by atoms with Crippen LogP contribution >= 0.6 is 0 Å². The molecule has 14 heavy (non-hydrogen) atoms. The maximum Gasteiger partial charge on any atom is 0.211 e. The van der Waals surface area contributed by atoms with Crippen LogP contribution in [0.1, 0.15) is 20.3 Å². The third-order valence-electron chi connectivity index (χ3n) is 2.91. The molecule has 1 fully saturated rings. The van der Waals surface area contributed by atoms with Crippen molar-refractivity contribution in [3.8, 4) is 0 Å². The molecular formula is C9H20N2O2S. The first-order chi connectivity index (χ1) is 6.55. The summed E-state index contributed by atoms with van der Waals surface area (Å²) in [5.41, 5.74) is 0. The van der Waals surface area contributed by atoms with E-state index in [4.69, 9.17) is 0 Å². The van der Waals surface area contributed by atoms with Crippen LogP contribution in [0.15, 0.2) is 0 Å². The van der Waals surface area contributed by atoms with Gasteiger partial charge < -0.3 is 5.32 Å². The molecule has 2 N–H and O–H groups in total. The average Bonchev–Trinajstić information content (AvgIpc) is 2.17. The zero-order chi connectivity index (χ0) is 10.6. The molecule has 1 aliphatic heterocycles. The van der Waals surface area contributed by atoms with Crippen molar-refractivity contribution in [2.24, 2.45) is 11.8 Å². The normalized spacial score (nSPS) is 29.0. The molecule has 0 amide bonds. The maximum absolute atomic E-state index is 11.2. The molecule has 1 saturated heterocycles. The van der Waals surface area contributed by atoms with Crippen molar-refractivity contribution in [1.29, 1.82) is 0 Å². The van der Waals surface area contributed by atoms with Gasteiger partial charge >= 0.3 is 0 Å². The summed E-state index contributed by atoms with van der Waals surface area (Å²) in [5, 5.41) is 3.30. The highest BCUT2D eigenvalue weighted by atomic mass is 32.2. The fraction of sp³-hybridized carbons (Fsp3) is 1.00. The van der Waals surface area contributed by atoms with Gasteiger partial charge in [0.2, 0.25) is 10.0 Å². The summed E-state index contributed by atoms with van der Waals surface area (Å²) in [5.74, 6) is 1.22. The van der Waals surface area contributed by atoms with Gasteiger partial charge in [-0.05, 0) is 38.3 Å². The standard InChI is InChI=1S/C9H20N2O2S/c1-3-14(12,13)11-7-9-4-5-10-6-8(9)2/h8-11H,3-7H2,1-2H3. The maximum atomic E-state index is 11.2. The second kappa shape index (κ2) is 5.09. The molecule has 0 aromatic carbocycles. The van der Waals surface area contributed by atoms with E-state index in [0.29, 0.717) is 18.4 Å². The summed E-state index contributed by atoms with van der Waals surface area (Å²) in [4.78, 5) is 0. The summed E-state index contributed by atoms with van der Waals surface area (Å²) in [7, 11) is -3.01. The first-order valence-electron chi connectivity index (χ1n) is 5.23. The molecule has 1 rings (SSSR count). The smallest absolute Gasteiger partial charge is 0.211 e. The van der Waals surface area contributed by atoms with Crippen LogP contribution in [0.3, 0.4) is 0 Å². The van der Waals surface area contributed by atoms with Crippen molar-refractivity contribution in [2.75, 3.05) is 25.4 Å². The molecule has 0 radical (unpaired) electrons. The third kappa shape index (κ3) is 3.55. The predicted molar refractivity (Wildman–Crippen MR) is 57.6 cm³/mol. The summed E-state index contributed by atoms with van der Waals surface area (Å²) >= 11 is 0. The van der Waals surface area contributed by atoms with Crippen molar-refractivity contribution in [3.63, 3.8) is 0 Å². The first kappa shape index (κ1) is 11.9. The quantitative estimate of drug-likeness (QED) is 0.710. The van der Waals surface area contributed by atoms with E-state index in [1.807, 2.05) is 0 Å². The Hall–Kier alpha value is -0.130. The van der Waals surface area contributed by atoms with Crippen LogP contribution in [0.25, 0.3) is 0 Å². The third-order valence-corrected chi connectivity index (χ3v) is 4.28. The molecular weight excluding hydrogens is 200 g/mol. The van der Waals surface area contributed by atoms with Gasteiger partial charge in [0.25, 0.3) is 0 Å². The molecule has 2 atom stereocenters. The molecule has 0 aromatic rings. The Morgan fingerprint density at radius 3 is 2.79 bits per heavy atom. The molecule has 2 unspecified atom stereocenters. The van der Waals surface area contributed by atoms with Crippen molar-refractivity contribution < 1.29 is 8.42 Å². The zero-order valence-electron chi connectivity index (χ0n) is 8.91. The number of hydrogen-bond acceptors (Lipinski definition) is 3. The van der Waals surface area contributed by atoms with E-state index < -0.39 is 10.0 Å². The Morgan fingerprint density at radius 2 is 2.21 bits per heavy atom. The second-order valence-corrected chi connectivity index (χ2v) is 6.08. The van der Waals surface area contributed by atoms with Crippen LogP contribution < -0.4 is 10.0 Å². The van der Waals surface area contributed by atoms with Gasteiger partial charge in [-0.1, -0.05) is 6.92 Å². The van der Waals surface area contributed by atoms with E-state index in [-0.39, 0.29) is 5.75 Å². The summed E-state index contributed by atoms with van der Waals surface area (Å²) in [6.45, 7) is 6.42. The van der Waals surface area contributed by atoms with E-state index >= 15 is 0 Å². The highest BCUT2D eigenvalue weighted by Gasteiger charge is 2.22. The number of rotatable bonds is 4. The van der Waals surface area contributed by atoms with Gasteiger partial charge in [0.1, 0.15) is 0 Å². The largest absolute Gasteiger partial charge is 0.316 e. The minimum absolute atomic E-state index is 0.173. The van der Waals surface area contributed by atoms with Crippen LogP contribution in [0.4, 0.5) is 0 Å². The van der Waals surface area contributed by atoms with Gasteiger partial charge in [-0.2, -0.15) is 0 Å². The van der Waals surface area contributed by atoms with Gasteiger partial charge in [0.15, 0.2) is 0 Å². The van der Waals surface area contributed by atoms with Crippen LogP contribution in [0.2, 0.25) is 0 Å². The molecule has 0 saturated carbocycles. The predicted octanol–water partition coefficient (Wildman–Crippen LogP) is 0.171. The summed E-state index contributed by atoms with van der Waals surface area (Å²) in [6.07, 6.45) is 1.06. The van der Waals surface area contributed by atoms with Crippen molar-refractivity contribution >= 4 is 10.0 Å². The second-order valence-electron chi connectivity index (χ2n) is 3.98. The zero-order valence-corrected chi connectivity index (χ0v) is 9.73. The number of sulfonamides is 1. The highest BCUT2D eigenvalue weighted by Crippen LogP contribution is 2.17. The average molecular weight is 220 g/mol. The van der Waals surface area contributed by atoms with Crippen molar-refractivity contribution in [1.82, 2.24) is 10.0 Å². The topological polar surface area (TPSA) is 58.2 Å². The lowest BCUT2D eigenvalue weighted by Gasteiger charge is -2.29. The fourth-order valence-corrected chi connectivity index (χ4v) is 2.38. The Kier molecular flexibility index (Phi) is 4.34. The van der Waals surface area contributed by atoms with E-state index in [1.165, 1.54) is 0 Å². The fourth-order valence-electron chi connectivity index (χ4n) is 1.71. The lowest BCUT2D eigenvalue weighted by molar-refractivity contribution is 0.274. The van der Waals surface area contributed by atoms with Gasteiger partial charge in [-0.3, -0.25) is 0 Å². The first-order valence-corrected chi connectivity index (χ1v) is 6.88. The van der Waals surface area contributed by atoms with E-state index in [2.05, 4.69) is 17.0 Å². The van der Waals surface area contributed by atoms with E-state index in [9.17, 15) is 8.42 Å². The molecule has 84 valence electrons. The monoisotopic (exact) mass is 220 g/mol. The summed E-state index contributed by atoms with van der Waals surface area (Å²) < 4.78 is 25.1. The highest BCUT2D eigenvalue weighted by molar-refractivity contribution is 7.89. The van der Waals surface area contributed by atoms with Crippen molar-refractivity contribution in [3.05, 3.63) is 0 Å². The number of hydrogen-bond donors (Lipinski definition) is 2. The molecule has 0 aliphatic carbocycles. The lowest BCUT2D eigenvalue weighted by atomic mass is 9.88. The molecule has 1 heterocycles. The molecule has 1 aliphatic rings. The number of piperidine rings is 1. The van der Waals surface area contributed by atoms with E-state index in [0.717, 1.165) is 19.5 Å². The molecule has 5 heteroatoms. The minimum atomic E-state index is -3.01. The molecule has 0 bridgehead atoms. The van der Waals surface area contributed by atoms with Gasteiger partial charge in [0.05, 0.1) is 5.75 Å². The van der Waals surface area contributed by atoms with Crippen LogP contribution in [0, 0.1) is 11.8 Å². The molecule has 0 aromatic heterocycles. The Bertz CT molecular complexity index is 264. The van der Waals surface area contributed by atoms with Gasteiger partial charge in [-0.15, -0.1) is 0 Å². The van der Waals surface area contributed by atoms with Crippen LogP contribution in [0.5, 0.6) is 0 Å². The SMILES string of the molecule is CCS(=O)(=O)NCC1CCNCC1C. The Labute approximate surface area is 86.5 Å². The summed E-state index contributed by atoms with van der Waals surface area (Å²) in [6, 6.07) is 0. The van der Waals surface area contributed by atoms with Crippen molar-refractivity contribution in [2.45, 2.75) is 20.3 Å². The van der Waals surface area contributed by atoms with Gasteiger partial charge in [0, 0.05) is 6.54 Å². The number of nitrogens with one attached hydrogen (secondary N) is 2. The lowest BCUT2D eigenvalue weighted by Crippen LogP contribution is -2.41. The minimum Gasteiger partial charge on any atom is -0.316 e.